The highest BCUT2D eigenvalue weighted by Gasteiger charge is 2.40. The number of anilines is 2. The third-order valence-electron chi connectivity index (χ3n) is 13.3. The number of hydrogen-bond acceptors (Lipinski definition) is 11. The molecule has 3 aromatic heterocycles. The predicted molar refractivity (Wildman–Crippen MR) is 232 cm³/mol. The van der Waals surface area contributed by atoms with E-state index in [9.17, 15) is 19.2 Å². The topological polar surface area (TPSA) is 140 Å². The van der Waals surface area contributed by atoms with Gasteiger partial charge in [-0.3, -0.25) is 38.5 Å². The number of Topliss-reactive ketones (excluding diaryl/α,β-unsaturated/α-hetero) is 1. The number of piperidine rings is 1. The Morgan fingerprint density at radius 1 is 0.883 bits per heavy atom. The highest BCUT2D eigenvalue weighted by Crippen LogP contribution is 2.37. The largest absolute Gasteiger partial charge is 0.369 e. The summed E-state index contributed by atoms with van der Waals surface area (Å²) in [5, 5.41) is 4.01. The molecule has 1 atom stereocenters. The van der Waals surface area contributed by atoms with Crippen molar-refractivity contribution in [2.75, 3.05) is 75.2 Å². The minimum atomic E-state index is -0.504. The minimum absolute atomic E-state index is 0.0443. The monoisotopic (exact) mass is 832 g/mol. The van der Waals surface area contributed by atoms with Crippen LogP contribution in [-0.4, -0.2) is 123 Å². The molecule has 314 valence electrons. The zero-order chi connectivity index (χ0) is 41.7. The van der Waals surface area contributed by atoms with Crippen LogP contribution in [0.2, 0.25) is 5.02 Å². The first-order chi connectivity index (χ1) is 29.0. The van der Waals surface area contributed by atoms with E-state index in [1.54, 1.807) is 15.7 Å². The first-order valence-corrected chi connectivity index (χ1v) is 21.8. The lowest BCUT2D eigenvalue weighted by molar-refractivity contribution is -0.126. The van der Waals surface area contributed by atoms with Crippen LogP contribution in [0.25, 0.3) is 11.0 Å². The Hall–Kier alpha value is -5.18. The van der Waals surface area contributed by atoms with Gasteiger partial charge in [0, 0.05) is 107 Å². The molecule has 0 spiro atoms. The molecule has 4 aromatic rings. The predicted octanol–water partition coefficient (Wildman–Crippen LogP) is 4.75. The summed E-state index contributed by atoms with van der Waals surface area (Å²) >= 11 is 6.73. The second-order valence-electron chi connectivity index (χ2n) is 17.1. The summed E-state index contributed by atoms with van der Waals surface area (Å²) in [4.78, 5) is 77.9. The number of fused-ring (bicyclic) bond motifs is 2. The molecule has 1 N–H and O–H groups in total. The van der Waals surface area contributed by atoms with E-state index in [0.717, 1.165) is 119 Å². The van der Waals surface area contributed by atoms with Gasteiger partial charge in [0.1, 0.15) is 17.5 Å². The lowest BCUT2D eigenvalue weighted by Gasteiger charge is -2.39. The van der Waals surface area contributed by atoms with Crippen LogP contribution in [0.15, 0.2) is 53.7 Å². The van der Waals surface area contributed by atoms with Crippen molar-refractivity contribution in [3.05, 3.63) is 98.1 Å². The van der Waals surface area contributed by atoms with E-state index >= 15 is 0 Å². The molecule has 3 saturated heterocycles. The summed E-state index contributed by atoms with van der Waals surface area (Å²) in [6.45, 7) is 17.1. The number of carbonyl (C=O) groups excluding carboxylic acids is 3. The van der Waals surface area contributed by atoms with Crippen molar-refractivity contribution in [3.63, 3.8) is 0 Å². The summed E-state index contributed by atoms with van der Waals surface area (Å²) in [5.41, 5.74) is 6.37. The van der Waals surface area contributed by atoms with Crippen LogP contribution in [0.4, 0.5) is 11.4 Å². The molecule has 4 aliphatic heterocycles. The van der Waals surface area contributed by atoms with Gasteiger partial charge in [-0.05, 0) is 74.9 Å². The second-order valence-corrected chi connectivity index (χ2v) is 17.5. The van der Waals surface area contributed by atoms with E-state index in [1.165, 1.54) is 6.92 Å². The Morgan fingerprint density at radius 2 is 1.57 bits per heavy atom. The molecule has 1 aromatic carbocycles. The van der Waals surface area contributed by atoms with Crippen molar-refractivity contribution in [1.82, 2.24) is 39.5 Å². The van der Waals surface area contributed by atoms with Gasteiger partial charge in [0.25, 0.3) is 11.5 Å². The number of benzene rings is 1. The fourth-order valence-corrected chi connectivity index (χ4v) is 10.2. The van der Waals surface area contributed by atoms with Crippen LogP contribution in [0.3, 0.4) is 0 Å². The highest BCUT2D eigenvalue weighted by molar-refractivity contribution is 6.34. The molecule has 14 nitrogen and oxygen atoms in total. The molecule has 7 heterocycles. The molecule has 15 heteroatoms. The zero-order valence-electron chi connectivity index (χ0n) is 34.6. The van der Waals surface area contributed by atoms with E-state index in [1.807, 2.05) is 25.3 Å². The number of hydrogen-bond donors (Lipinski definition) is 1. The maximum atomic E-state index is 13.6. The molecule has 9 rings (SSSR count). The molecule has 60 heavy (non-hydrogen) atoms. The normalized spacial score (nSPS) is 20.7. The highest BCUT2D eigenvalue weighted by atomic mass is 35.5. The van der Waals surface area contributed by atoms with Gasteiger partial charge in [-0.25, -0.2) is 9.97 Å². The van der Waals surface area contributed by atoms with Gasteiger partial charge < -0.3 is 20.0 Å². The van der Waals surface area contributed by atoms with Crippen LogP contribution < -0.4 is 20.7 Å². The standard InChI is InChI=1S/C45H53ClN10O4/c1-28-8-11-38(43(58)49-28)55-27-31-22-35(24-37(46)41(31)44(55)59)54-20-16-52(17-21-54)13-12-51-14-18-53(19-15-51)34-10-9-32(47-25-34)23-39-48-26-36-29(2)40(30(3)57)45(60)56(42(36)50-39)33-6-4-5-7-33/h9-10,22,24-26,33,38H,1,4-8,11-21,23,27H2,2-3H3,(H,49,58). The molecule has 4 fully saturated rings. The third kappa shape index (κ3) is 7.80. The van der Waals surface area contributed by atoms with Crippen LogP contribution in [0.1, 0.15) is 94.9 Å². The van der Waals surface area contributed by atoms with E-state index in [0.29, 0.717) is 59.1 Å². The van der Waals surface area contributed by atoms with Gasteiger partial charge in [-0.1, -0.05) is 31.0 Å². The van der Waals surface area contributed by atoms with E-state index in [2.05, 4.69) is 48.6 Å². The fourth-order valence-electron chi connectivity index (χ4n) is 9.89. The minimum Gasteiger partial charge on any atom is -0.369 e. The fraction of sp³-hybridized carbons (Fsp3) is 0.489. The zero-order valence-corrected chi connectivity index (χ0v) is 35.3. The number of ketones is 1. The number of rotatable bonds is 10. The molecule has 1 unspecified atom stereocenters. The SMILES string of the molecule is C=C1CCC(N2Cc3cc(N4CCN(CCN5CCN(c6ccc(Cc7ncc8c(C)c(C(C)=O)c(=O)n(C9CCCC9)c8n7)nc6)CC5)CC4)cc(Cl)c3C2=O)C(=O)N1. The summed E-state index contributed by atoms with van der Waals surface area (Å²) in [6, 6.07) is 7.71. The molecule has 0 radical (unpaired) electrons. The smallest absolute Gasteiger partial charge is 0.263 e. The van der Waals surface area contributed by atoms with Gasteiger partial charge >= 0.3 is 0 Å². The first kappa shape index (κ1) is 40.2. The number of piperazine rings is 2. The van der Waals surface area contributed by atoms with Gasteiger partial charge in [-0.15, -0.1) is 0 Å². The quantitative estimate of drug-likeness (QED) is 0.222. The number of pyridine rings is 2. The molecule has 2 amide bonds. The van der Waals surface area contributed by atoms with E-state index < -0.39 is 6.04 Å². The molecule has 1 saturated carbocycles. The van der Waals surface area contributed by atoms with Crippen LogP contribution in [0, 0.1) is 6.92 Å². The van der Waals surface area contributed by atoms with Gasteiger partial charge in [-0.2, -0.15) is 0 Å². The summed E-state index contributed by atoms with van der Waals surface area (Å²) < 4.78 is 1.76. The summed E-state index contributed by atoms with van der Waals surface area (Å²) in [7, 11) is 0. The Kier molecular flexibility index (Phi) is 11.2. The third-order valence-corrected chi connectivity index (χ3v) is 13.6. The van der Waals surface area contributed by atoms with E-state index in [-0.39, 0.29) is 34.8 Å². The maximum absolute atomic E-state index is 13.6. The molecule has 1 aliphatic carbocycles. The Morgan fingerprint density at radius 3 is 2.20 bits per heavy atom. The summed E-state index contributed by atoms with van der Waals surface area (Å²) in [5.74, 6) is 0.0404. The number of amides is 2. The summed E-state index contributed by atoms with van der Waals surface area (Å²) in [6.07, 6.45) is 9.33. The van der Waals surface area contributed by atoms with Crippen molar-refractivity contribution in [3.8, 4) is 0 Å². The van der Waals surface area contributed by atoms with Crippen LogP contribution >= 0.6 is 11.6 Å². The van der Waals surface area contributed by atoms with E-state index in [4.69, 9.17) is 21.6 Å². The molecule has 5 aliphatic rings. The lowest BCUT2D eigenvalue weighted by Crippen LogP contribution is -2.51. The number of carbonyl (C=O) groups is 3. The van der Waals surface area contributed by atoms with Gasteiger partial charge in [0.15, 0.2) is 5.78 Å². The van der Waals surface area contributed by atoms with Crippen molar-refractivity contribution in [1.29, 1.82) is 0 Å². The van der Waals surface area contributed by atoms with Gasteiger partial charge in [0.05, 0.1) is 34.5 Å². The first-order valence-electron chi connectivity index (χ1n) is 21.5. The Balaban J connectivity index is 0.752. The number of halogens is 1. The van der Waals surface area contributed by atoms with Crippen LogP contribution in [0.5, 0.6) is 0 Å². The second kappa shape index (κ2) is 16.7. The number of nitrogens with one attached hydrogen (secondary N) is 1. The molecule has 0 bridgehead atoms. The average Bonchev–Trinajstić information content (AvgIpc) is 3.89. The number of aromatic nitrogens is 4. The number of aryl methyl sites for hydroxylation is 1. The van der Waals surface area contributed by atoms with Crippen molar-refractivity contribution >= 4 is 51.6 Å². The Labute approximate surface area is 355 Å². The van der Waals surface area contributed by atoms with Crippen LogP contribution in [-0.2, 0) is 17.8 Å². The molecular formula is C45H53ClN10O4. The molecular weight excluding hydrogens is 780 g/mol. The van der Waals surface area contributed by atoms with Gasteiger partial charge in [0.2, 0.25) is 5.91 Å². The van der Waals surface area contributed by atoms with Crippen molar-refractivity contribution in [2.24, 2.45) is 0 Å². The average molecular weight is 833 g/mol. The number of allylic oxidation sites excluding steroid dienone is 1. The Bertz CT molecular complexity index is 2410. The van der Waals surface area contributed by atoms with Crippen molar-refractivity contribution in [2.45, 2.75) is 77.4 Å². The van der Waals surface area contributed by atoms with Crippen molar-refractivity contribution < 1.29 is 14.4 Å². The maximum Gasteiger partial charge on any atom is 0.263 e. The lowest BCUT2D eigenvalue weighted by atomic mass is 10.0. The number of nitrogens with zero attached hydrogens (tertiary/aromatic N) is 9.